The molecule has 1 aromatic carbocycles. The van der Waals surface area contributed by atoms with Crippen LogP contribution < -0.4 is 10.1 Å². The summed E-state index contributed by atoms with van der Waals surface area (Å²) in [5, 5.41) is 3.74. The minimum absolute atomic E-state index is 0.367. The number of ether oxygens (including phenoxy) is 2. The van der Waals surface area contributed by atoms with Gasteiger partial charge in [0.25, 0.3) is 0 Å². The second kappa shape index (κ2) is 7.65. The zero-order valence-corrected chi connectivity index (χ0v) is 12.9. The van der Waals surface area contributed by atoms with Crippen LogP contribution in [0.3, 0.4) is 0 Å². The number of hydrogen-bond donors (Lipinski definition) is 1. The van der Waals surface area contributed by atoms with Gasteiger partial charge in [-0.2, -0.15) is 0 Å². The Hall–Kier alpha value is -1.06. The maximum absolute atomic E-state index is 5.81. The fourth-order valence-corrected chi connectivity index (χ4v) is 2.90. The van der Waals surface area contributed by atoms with Gasteiger partial charge in [0.1, 0.15) is 5.75 Å². The molecule has 1 aliphatic rings. The number of rotatable bonds is 6. The molecule has 3 heteroatoms. The third-order valence-corrected chi connectivity index (χ3v) is 4.08. The number of nitrogens with one attached hydrogen (secondary N) is 1. The number of benzene rings is 1. The third kappa shape index (κ3) is 4.22. The van der Waals surface area contributed by atoms with E-state index in [-0.39, 0.29) is 0 Å². The quantitative estimate of drug-likeness (QED) is 0.860. The summed E-state index contributed by atoms with van der Waals surface area (Å²) in [4.78, 5) is 0. The molecule has 1 heterocycles. The molecule has 2 rings (SSSR count). The van der Waals surface area contributed by atoms with Crippen molar-refractivity contribution < 1.29 is 9.47 Å². The first-order valence-electron chi connectivity index (χ1n) is 7.74. The smallest absolute Gasteiger partial charge is 0.118 e. The molecule has 1 aromatic rings. The van der Waals surface area contributed by atoms with E-state index in [0.717, 1.165) is 25.2 Å². The maximum atomic E-state index is 5.81. The average molecular weight is 277 g/mol. The Morgan fingerprint density at radius 3 is 2.75 bits per heavy atom. The Balaban J connectivity index is 1.87. The fraction of sp³-hybridized carbons (Fsp3) is 0.647. The molecule has 0 aromatic heterocycles. The van der Waals surface area contributed by atoms with Gasteiger partial charge in [0, 0.05) is 18.7 Å². The van der Waals surface area contributed by atoms with E-state index in [2.05, 4.69) is 31.3 Å². The van der Waals surface area contributed by atoms with Gasteiger partial charge in [-0.1, -0.05) is 25.5 Å². The summed E-state index contributed by atoms with van der Waals surface area (Å²) in [6, 6.07) is 9.26. The lowest BCUT2D eigenvalue weighted by atomic mass is 9.98. The van der Waals surface area contributed by atoms with Gasteiger partial charge in [-0.05, 0) is 43.9 Å². The van der Waals surface area contributed by atoms with Crippen LogP contribution in [-0.4, -0.2) is 25.9 Å². The second-order valence-electron chi connectivity index (χ2n) is 5.66. The van der Waals surface area contributed by atoms with Crippen molar-refractivity contribution in [3.05, 3.63) is 29.8 Å². The summed E-state index contributed by atoms with van der Waals surface area (Å²) in [6.07, 6.45) is 5.06. The molecule has 3 atom stereocenters. The van der Waals surface area contributed by atoms with Gasteiger partial charge >= 0.3 is 0 Å². The highest BCUT2D eigenvalue weighted by atomic mass is 16.5. The van der Waals surface area contributed by atoms with E-state index in [1.807, 2.05) is 12.1 Å². The first-order chi connectivity index (χ1) is 9.72. The molecule has 112 valence electrons. The normalized spacial score (nSPS) is 24.4. The molecule has 1 aliphatic heterocycles. The minimum atomic E-state index is 0.367. The third-order valence-electron chi connectivity index (χ3n) is 4.08. The van der Waals surface area contributed by atoms with Crippen LogP contribution >= 0.6 is 0 Å². The van der Waals surface area contributed by atoms with Crippen LogP contribution in [0.2, 0.25) is 0 Å². The van der Waals surface area contributed by atoms with Crippen molar-refractivity contribution in [1.82, 2.24) is 5.32 Å². The molecular formula is C17H27NO2. The van der Waals surface area contributed by atoms with Crippen molar-refractivity contribution in [3.8, 4) is 5.75 Å². The topological polar surface area (TPSA) is 30.5 Å². The second-order valence-corrected chi connectivity index (χ2v) is 5.66. The van der Waals surface area contributed by atoms with Gasteiger partial charge in [0.05, 0.1) is 13.2 Å². The first-order valence-corrected chi connectivity index (χ1v) is 7.74. The monoisotopic (exact) mass is 277 g/mol. The molecule has 2 unspecified atom stereocenters. The standard InChI is InChI=1S/C17H27NO2/c1-4-5-17-12-15(10-11-20-17)18-13(2)14-6-8-16(19-3)9-7-14/h6-9,13,15,17-18H,4-5,10-12H2,1-3H3/t13-,15?,17?/m1/s1. The Morgan fingerprint density at radius 1 is 1.35 bits per heavy atom. The van der Waals surface area contributed by atoms with Crippen LogP contribution in [0.4, 0.5) is 0 Å². The van der Waals surface area contributed by atoms with E-state index in [1.165, 1.54) is 18.4 Å². The Morgan fingerprint density at radius 2 is 2.10 bits per heavy atom. The molecular weight excluding hydrogens is 250 g/mol. The Bertz CT molecular complexity index is 388. The molecule has 0 radical (unpaired) electrons. The van der Waals surface area contributed by atoms with Crippen LogP contribution in [-0.2, 0) is 4.74 Å². The minimum Gasteiger partial charge on any atom is -0.497 e. The highest BCUT2D eigenvalue weighted by Crippen LogP contribution is 2.22. The molecule has 0 amide bonds. The largest absolute Gasteiger partial charge is 0.497 e. The van der Waals surface area contributed by atoms with Crippen molar-refractivity contribution in [2.24, 2.45) is 0 Å². The van der Waals surface area contributed by atoms with Crippen LogP contribution in [0.15, 0.2) is 24.3 Å². The van der Waals surface area contributed by atoms with E-state index >= 15 is 0 Å². The van der Waals surface area contributed by atoms with Gasteiger partial charge in [-0.25, -0.2) is 0 Å². The summed E-state index contributed by atoms with van der Waals surface area (Å²) in [7, 11) is 1.70. The SMILES string of the molecule is CCCC1CC(N[C@H](C)c2ccc(OC)cc2)CCO1. The molecule has 20 heavy (non-hydrogen) atoms. The van der Waals surface area contributed by atoms with E-state index in [4.69, 9.17) is 9.47 Å². The van der Waals surface area contributed by atoms with E-state index in [9.17, 15) is 0 Å². The molecule has 0 bridgehead atoms. The number of hydrogen-bond acceptors (Lipinski definition) is 3. The van der Waals surface area contributed by atoms with Crippen molar-refractivity contribution in [1.29, 1.82) is 0 Å². The summed E-state index contributed by atoms with van der Waals surface area (Å²) >= 11 is 0. The fourth-order valence-electron chi connectivity index (χ4n) is 2.90. The summed E-state index contributed by atoms with van der Waals surface area (Å²) in [5.74, 6) is 0.912. The van der Waals surface area contributed by atoms with Gasteiger partial charge in [-0.15, -0.1) is 0 Å². The molecule has 1 N–H and O–H groups in total. The Kier molecular flexibility index (Phi) is 5.86. The van der Waals surface area contributed by atoms with Crippen LogP contribution in [0, 0.1) is 0 Å². The molecule has 3 nitrogen and oxygen atoms in total. The summed E-state index contributed by atoms with van der Waals surface area (Å²) in [5.41, 5.74) is 1.31. The molecule has 0 aliphatic carbocycles. The lowest BCUT2D eigenvalue weighted by molar-refractivity contribution is -0.00472. The number of methoxy groups -OCH3 is 1. The zero-order valence-electron chi connectivity index (χ0n) is 12.9. The van der Waals surface area contributed by atoms with Crippen molar-refractivity contribution in [2.45, 2.75) is 57.7 Å². The lowest BCUT2D eigenvalue weighted by Gasteiger charge is -2.32. The molecule has 1 fully saturated rings. The highest BCUT2D eigenvalue weighted by molar-refractivity contribution is 5.28. The first kappa shape index (κ1) is 15.3. The van der Waals surface area contributed by atoms with Gasteiger partial charge in [-0.3, -0.25) is 0 Å². The van der Waals surface area contributed by atoms with Crippen molar-refractivity contribution >= 4 is 0 Å². The van der Waals surface area contributed by atoms with E-state index in [0.29, 0.717) is 18.2 Å². The molecule has 1 saturated heterocycles. The maximum Gasteiger partial charge on any atom is 0.118 e. The summed E-state index contributed by atoms with van der Waals surface area (Å²) in [6.45, 7) is 5.34. The average Bonchev–Trinajstić information content (AvgIpc) is 2.48. The van der Waals surface area contributed by atoms with Crippen molar-refractivity contribution in [2.75, 3.05) is 13.7 Å². The van der Waals surface area contributed by atoms with Gasteiger partial charge < -0.3 is 14.8 Å². The lowest BCUT2D eigenvalue weighted by Crippen LogP contribution is -2.40. The van der Waals surface area contributed by atoms with Crippen LogP contribution in [0.5, 0.6) is 5.75 Å². The zero-order chi connectivity index (χ0) is 14.4. The van der Waals surface area contributed by atoms with Crippen LogP contribution in [0.1, 0.15) is 51.1 Å². The van der Waals surface area contributed by atoms with E-state index < -0.39 is 0 Å². The van der Waals surface area contributed by atoms with Crippen LogP contribution in [0.25, 0.3) is 0 Å². The highest BCUT2D eigenvalue weighted by Gasteiger charge is 2.23. The Labute approximate surface area is 122 Å². The molecule has 0 spiro atoms. The predicted octanol–water partition coefficient (Wildman–Crippen LogP) is 3.69. The molecule has 0 saturated carbocycles. The van der Waals surface area contributed by atoms with E-state index in [1.54, 1.807) is 7.11 Å². The van der Waals surface area contributed by atoms with Crippen molar-refractivity contribution in [3.63, 3.8) is 0 Å². The van der Waals surface area contributed by atoms with Gasteiger partial charge in [0.15, 0.2) is 0 Å². The predicted molar refractivity (Wildman–Crippen MR) is 82.2 cm³/mol. The van der Waals surface area contributed by atoms with Gasteiger partial charge in [0.2, 0.25) is 0 Å². The summed E-state index contributed by atoms with van der Waals surface area (Å²) < 4.78 is 11.0.